The first kappa shape index (κ1) is 10.6. The Hall–Kier alpha value is -1.89. The average molecular weight is 218 g/mol. The molecule has 1 amide bonds. The molecule has 3 N–H and O–H groups in total. The Balaban J connectivity index is 2.12. The number of anilines is 2. The van der Waals surface area contributed by atoms with Crippen LogP contribution < -0.4 is 15.9 Å². The van der Waals surface area contributed by atoms with E-state index in [2.05, 4.69) is 20.8 Å². The lowest BCUT2D eigenvalue weighted by Gasteiger charge is -2.12. The first-order valence-corrected chi connectivity index (χ1v) is 4.98. The Kier molecular flexibility index (Phi) is 3.16. The minimum absolute atomic E-state index is 0.156. The summed E-state index contributed by atoms with van der Waals surface area (Å²) in [4.78, 5) is 26.1. The van der Waals surface area contributed by atoms with Gasteiger partial charge in [0, 0.05) is 12.7 Å². The summed E-state index contributed by atoms with van der Waals surface area (Å²) in [5.74, 6) is 0.479. The number of nitrogens with one attached hydrogen (secondary N) is 3. The standard InChI is InChI=1S/C9H11BN4O2/c15-5-10-14-7-4-12-8-6(13-9(7)16)2-1-3-11-8/h1-3,5,7,10,14H,4H2,(H,11,12)(H,13,16)/t7-/m0/s1. The molecule has 0 bridgehead atoms. The molecule has 6 nitrogen and oxygen atoms in total. The van der Waals surface area contributed by atoms with Gasteiger partial charge in [-0.15, -0.1) is 0 Å². The first-order valence-electron chi connectivity index (χ1n) is 4.98. The molecule has 1 atom stereocenters. The van der Waals surface area contributed by atoms with Gasteiger partial charge in [0.15, 0.2) is 0 Å². The SMILES string of the molecule is O=CBN[C@H]1CNc2ncccc2NC1=O. The molecule has 2 rings (SSSR count). The van der Waals surface area contributed by atoms with E-state index in [1.165, 1.54) is 0 Å². The van der Waals surface area contributed by atoms with Gasteiger partial charge >= 0.3 is 0 Å². The summed E-state index contributed by atoms with van der Waals surface area (Å²) in [5.41, 5.74) is 0.655. The minimum atomic E-state index is -0.431. The second-order valence-corrected chi connectivity index (χ2v) is 3.40. The van der Waals surface area contributed by atoms with E-state index in [0.29, 0.717) is 18.1 Å². The van der Waals surface area contributed by atoms with Crippen molar-refractivity contribution in [1.82, 2.24) is 10.2 Å². The summed E-state index contributed by atoms with van der Waals surface area (Å²) in [6, 6.07) is 3.09. The maximum absolute atomic E-state index is 11.7. The number of carbonyl (C=O) groups is 2. The molecule has 0 aromatic carbocycles. The fourth-order valence-corrected chi connectivity index (χ4v) is 1.51. The van der Waals surface area contributed by atoms with E-state index in [0.717, 1.165) is 6.19 Å². The molecule has 0 saturated heterocycles. The van der Waals surface area contributed by atoms with Crippen molar-refractivity contribution in [2.24, 2.45) is 0 Å². The van der Waals surface area contributed by atoms with Gasteiger partial charge in [-0.3, -0.25) is 4.79 Å². The number of amides is 1. The second-order valence-electron chi connectivity index (χ2n) is 3.40. The highest BCUT2D eigenvalue weighted by atomic mass is 16.2. The zero-order chi connectivity index (χ0) is 11.4. The van der Waals surface area contributed by atoms with E-state index in [4.69, 9.17) is 0 Å². The summed E-state index contributed by atoms with van der Waals surface area (Å²) in [5, 5.41) is 8.61. The molecule has 2 heterocycles. The maximum Gasteiger partial charge on any atom is 0.279 e. The quantitative estimate of drug-likeness (QED) is 0.445. The molecule has 7 heteroatoms. The lowest BCUT2D eigenvalue weighted by Crippen LogP contribution is -2.45. The van der Waals surface area contributed by atoms with Gasteiger partial charge in [0.1, 0.15) is 5.82 Å². The molecule has 1 aliphatic heterocycles. The van der Waals surface area contributed by atoms with Gasteiger partial charge in [-0.05, 0) is 12.1 Å². The molecule has 82 valence electrons. The molecule has 1 aromatic heterocycles. The van der Waals surface area contributed by atoms with Crippen LogP contribution in [-0.2, 0) is 9.59 Å². The zero-order valence-electron chi connectivity index (χ0n) is 8.56. The van der Waals surface area contributed by atoms with E-state index >= 15 is 0 Å². The number of pyridine rings is 1. The highest BCUT2D eigenvalue weighted by Crippen LogP contribution is 2.20. The van der Waals surface area contributed by atoms with Gasteiger partial charge in [0.05, 0.1) is 17.9 Å². The van der Waals surface area contributed by atoms with Crippen molar-refractivity contribution >= 4 is 31.0 Å². The first-order chi connectivity index (χ1) is 7.81. The fraction of sp³-hybridized carbons (Fsp3) is 0.222. The number of fused-ring (bicyclic) bond motifs is 1. The number of aromatic nitrogens is 1. The molecular formula is C9H11BN4O2. The van der Waals surface area contributed by atoms with Gasteiger partial charge in [-0.25, -0.2) is 4.98 Å². The normalized spacial score (nSPS) is 18.8. The highest BCUT2D eigenvalue weighted by molar-refractivity contribution is 6.64. The molecule has 1 aromatic rings. The number of nitrogens with zero attached hydrogens (tertiary/aromatic N) is 1. The summed E-state index contributed by atoms with van der Waals surface area (Å²) >= 11 is 0. The Labute approximate surface area is 93.1 Å². The van der Waals surface area contributed by atoms with Crippen LogP contribution in [0.5, 0.6) is 0 Å². The van der Waals surface area contributed by atoms with Crippen LogP contribution in [-0.4, -0.2) is 37.1 Å². The molecular weight excluding hydrogens is 207 g/mol. The predicted molar refractivity (Wildman–Crippen MR) is 62.2 cm³/mol. The Morgan fingerprint density at radius 2 is 2.50 bits per heavy atom. The minimum Gasteiger partial charge on any atom is -0.366 e. The molecule has 0 spiro atoms. The lowest BCUT2D eigenvalue weighted by atomic mass is 9.96. The summed E-state index contributed by atoms with van der Waals surface area (Å²) in [6.07, 6.45) is 2.38. The van der Waals surface area contributed by atoms with E-state index < -0.39 is 6.04 Å². The average Bonchev–Trinajstić information content (AvgIpc) is 2.45. The molecule has 16 heavy (non-hydrogen) atoms. The topological polar surface area (TPSA) is 83.1 Å². The number of hydrogen-bond donors (Lipinski definition) is 3. The van der Waals surface area contributed by atoms with E-state index in [1.807, 2.05) is 0 Å². The van der Waals surface area contributed by atoms with Crippen LogP contribution >= 0.6 is 0 Å². The summed E-state index contributed by atoms with van der Waals surface area (Å²) in [7, 11) is 0.156. The van der Waals surface area contributed by atoms with Crippen LogP contribution in [0.4, 0.5) is 11.5 Å². The van der Waals surface area contributed by atoms with Crippen LogP contribution in [0.3, 0.4) is 0 Å². The summed E-state index contributed by atoms with van der Waals surface area (Å²) in [6.45, 7) is 0.406. The predicted octanol–water partition coefficient (Wildman–Crippen LogP) is -1.05. The van der Waals surface area contributed by atoms with Crippen molar-refractivity contribution in [3.63, 3.8) is 0 Å². The smallest absolute Gasteiger partial charge is 0.279 e. The molecule has 0 aliphatic carbocycles. The van der Waals surface area contributed by atoms with Crippen LogP contribution in [0.15, 0.2) is 18.3 Å². The van der Waals surface area contributed by atoms with Crippen molar-refractivity contribution < 1.29 is 9.59 Å². The van der Waals surface area contributed by atoms with Crippen molar-refractivity contribution in [2.75, 3.05) is 17.2 Å². The molecule has 0 fully saturated rings. The molecule has 0 saturated carbocycles. The molecule has 0 unspecified atom stereocenters. The third kappa shape index (κ3) is 2.19. The maximum atomic E-state index is 11.7. The molecule has 1 aliphatic rings. The van der Waals surface area contributed by atoms with E-state index in [-0.39, 0.29) is 13.3 Å². The highest BCUT2D eigenvalue weighted by Gasteiger charge is 2.22. The van der Waals surface area contributed by atoms with Crippen molar-refractivity contribution in [1.29, 1.82) is 0 Å². The van der Waals surface area contributed by atoms with Gasteiger partial charge in [0.2, 0.25) is 5.91 Å². The van der Waals surface area contributed by atoms with Crippen LogP contribution in [0, 0.1) is 0 Å². The van der Waals surface area contributed by atoms with Crippen LogP contribution in [0.1, 0.15) is 0 Å². The van der Waals surface area contributed by atoms with Gasteiger partial charge in [0.25, 0.3) is 7.41 Å². The van der Waals surface area contributed by atoms with Gasteiger partial charge in [-0.2, -0.15) is 0 Å². The summed E-state index contributed by atoms with van der Waals surface area (Å²) < 4.78 is 0. The van der Waals surface area contributed by atoms with Gasteiger partial charge in [-0.1, -0.05) is 0 Å². The third-order valence-electron chi connectivity index (χ3n) is 2.30. The zero-order valence-corrected chi connectivity index (χ0v) is 8.56. The Bertz CT molecular complexity index is 412. The van der Waals surface area contributed by atoms with Crippen molar-refractivity contribution in [3.8, 4) is 0 Å². The third-order valence-corrected chi connectivity index (χ3v) is 2.30. The lowest BCUT2D eigenvalue weighted by molar-refractivity contribution is -0.117. The van der Waals surface area contributed by atoms with Crippen molar-refractivity contribution in [2.45, 2.75) is 6.04 Å². The van der Waals surface area contributed by atoms with Crippen LogP contribution in [0.2, 0.25) is 0 Å². The van der Waals surface area contributed by atoms with Crippen molar-refractivity contribution in [3.05, 3.63) is 18.3 Å². The van der Waals surface area contributed by atoms with E-state index in [9.17, 15) is 9.59 Å². The van der Waals surface area contributed by atoms with Gasteiger partial charge < -0.3 is 20.7 Å². The number of hydrogen-bond acceptors (Lipinski definition) is 5. The number of rotatable bonds is 3. The second kappa shape index (κ2) is 4.76. The Morgan fingerprint density at radius 1 is 1.62 bits per heavy atom. The fourth-order valence-electron chi connectivity index (χ4n) is 1.51. The molecule has 0 radical (unpaired) electrons. The Morgan fingerprint density at radius 3 is 3.31 bits per heavy atom. The largest absolute Gasteiger partial charge is 0.366 e. The number of carbonyl (C=O) groups excluding carboxylic acids is 2. The van der Waals surface area contributed by atoms with Crippen LogP contribution in [0.25, 0.3) is 0 Å². The monoisotopic (exact) mass is 218 g/mol. The van der Waals surface area contributed by atoms with E-state index in [1.54, 1.807) is 18.3 Å².